The summed E-state index contributed by atoms with van der Waals surface area (Å²) < 4.78 is 13.2. The van der Waals surface area contributed by atoms with Gasteiger partial charge in [0, 0.05) is 24.3 Å². The Hall–Kier alpha value is -2.68. The lowest BCUT2D eigenvalue weighted by molar-refractivity contribution is -0.191. The van der Waals surface area contributed by atoms with Crippen LogP contribution in [0.3, 0.4) is 0 Å². The first-order valence-electron chi connectivity index (χ1n) is 10.8. The van der Waals surface area contributed by atoms with Gasteiger partial charge in [0.15, 0.2) is 17.7 Å². The summed E-state index contributed by atoms with van der Waals surface area (Å²) in [4.78, 5) is 27.9. The van der Waals surface area contributed by atoms with Crippen molar-refractivity contribution in [3.05, 3.63) is 63.6 Å². The van der Waals surface area contributed by atoms with Gasteiger partial charge in [-0.2, -0.15) is 0 Å². The second-order valence-corrected chi connectivity index (χ2v) is 9.22. The van der Waals surface area contributed by atoms with Crippen LogP contribution in [0.5, 0.6) is 5.75 Å². The standard InChI is InChI=1S/C24H32N2O6/c1-15(2)25-12-18(23(30)32-24(3,4)5)26-17(13-27)11-19(28)21(20(26)22(25)29)31-14-16-9-7-6-8-10-16/h6-11,15,18,23,27,30H,12-14H2,1-5H3. The number of amides is 1. The number of hydrogen-bond acceptors (Lipinski definition) is 6. The summed E-state index contributed by atoms with van der Waals surface area (Å²) in [7, 11) is 0. The molecule has 2 N–H and O–H groups in total. The van der Waals surface area contributed by atoms with Crippen LogP contribution in [-0.4, -0.2) is 50.1 Å². The van der Waals surface area contributed by atoms with E-state index in [2.05, 4.69) is 0 Å². The Morgan fingerprint density at radius 2 is 1.81 bits per heavy atom. The molecular formula is C24H32N2O6. The van der Waals surface area contributed by atoms with Gasteiger partial charge >= 0.3 is 0 Å². The van der Waals surface area contributed by atoms with Gasteiger partial charge in [-0.1, -0.05) is 30.3 Å². The number of nitrogens with zero attached hydrogens (tertiary/aromatic N) is 2. The maximum atomic E-state index is 13.4. The van der Waals surface area contributed by atoms with Crippen LogP contribution in [0.4, 0.5) is 0 Å². The van der Waals surface area contributed by atoms with Crippen LogP contribution in [0.2, 0.25) is 0 Å². The Bertz CT molecular complexity index is 1010. The summed E-state index contributed by atoms with van der Waals surface area (Å²) in [6.45, 7) is 8.96. The van der Waals surface area contributed by atoms with E-state index in [1.54, 1.807) is 4.90 Å². The van der Waals surface area contributed by atoms with Crippen molar-refractivity contribution in [1.29, 1.82) is 0 Å². The van der Waals surface area contributed by atoms with Gasteiger partial charge in [0.2, 0.25) is 5.43 Å². The first kappa shape index (κ1) is 24.0. The third-order valence-electron chi connectivity index (χ3n) is 5.28. The summed E-state index contributed by atoms with van der Waals surface area (Å²) in [5.41, 5.74) is -0.0718. The minimum Gasteiger partial charge on any atom is -0.483 e. The van der Waals surface area contributed by atoms with Crippen LogP contribution >= 0.6 is 0 Å². The van der Waals surface area contributed by atoms with E-state index in [9.17, 15) is 19.8 Å². The molecule has 0 radical (unpaired) electrons. The number of pyridine rings is 1. The predicted octanol–water partition coefficient (Wildman–Crippen LogP) is 2.46. The number of hydrogen-bond donors (Lipinski definition) is 2. The molecule has 0 fully saturated rings. The number of ether oxygens (including phenoxy) is 2. The van der Waals surface area contributed by atoms with Crippen molar-refractivity contribution in [1.82, 2.24) is 9.47 Å². The molecule has 8 nitrogen and oxygen atoms in total. The molecule has 2 heterocycles. The second kappa shape index (κ2) is 9.44. The lowest BCUT2D eigenvalue weighted by atomic mass is 10.0. The van der Waals surface area contributed by atoms with Crippen molar-refractivity contribution in [3.63, 3.8) is 0 Å². The second-order valence-electron chi connectivity index (χ2n) is 9.22. The first-order valence-corrected chi connectivity index (χ1v) is 10.8. The van der Waals surface area contributed by atoms with Gasteiger partial charge < -0.3 is 29.2 Å². The average molecular weight is 445 g/mol. The largest absolute Gasteiger partial charge is 0.483 e. The van der Waals surface area contributed by atoms with Crippen molar-refractivity contribution in [2.24, 2.45) is 0 Å². The van der Waals surface area contributed by atoms with Gasteiger partial charge in [-0.05, 0) is 40.2 Å². The van der Waals surface area contributed by atoms with E-state index in [1.165, 1.54) is 10.6 Å². The Morgan fingerprint density at radius 1 is 1.16 bits per heavy atom. The topological polar surface area (TPSA) is 101 Å². The zero-order valence-electron chi connectivity index (χ0n) is 19.2. The van der Waals surface area contributed by atoms with E-state index >= 15 is 0 Å². The maximum absolute atomic E-state index is 13.4. The zero-order valence-corrected chi connectivity index (χ0v) is 19.2. The maximum Gasteiger partial charge on any atom is 0.274 e. The number of aromatic nitrogens is 1. The fourth-order valence-electron chi connectivity index (χ4n) is 3.83. The number of benzene rings is 1. The molecule has 1 amide bonds. The summed E-state index contributed by atoms with van der Waals surface area (Å²) in [6.07, 6.45) is -1.28. The Balaban J connectivity index is 2.14. The SMILES string of the molecule is CC(C)N1CC(C(O)OC(C)(C)C)n2c(CO)cc(=O)c(OCc3ccccc3)c2C1=O. The summed E-state index contributed by atoms with van der Waals surface area (Å²) in [5, 5.41) is 20.9. The van der Waals surface area contributed by atoms with Crippen molar-refractivity contribution in [3.8, 4) is 5.75 Å². The number of fused-ring (bicyclic) bond motifs is 1. The molecule has 32 heavy (non-hydrogen) atoms. The molecule has 1 aromatic heterocycles. The highest BCUT2D eigenvalue weighted by Gasteiger charge is 2.41. The lowest BCUT2D eigenvalue weighted by Gasteiger charge is -2.42. The van der Waals surface area contributed by atoms with Crippen molar-refractivity contribution >= 4 is 5.91 Å². The molecule has 2 unspecified atom stereocenters. The predicted molar refractivity (Wildman–Crippen MR) is 119 cm³/mol. The van der Waals surface area contributed by atoms with E-state index in [0.717, 1.165) is 5.56 Å². The molecule has 3 rings (SSSR count). The van der Waals surface area contributed by atoms with Crippen molar-refractivity contribution in [2.75, 3.05) is 6.54 Å². The van der Waals surface area contributed by atoms with Gasteiger partial charge in [-0.25, -0.2) is 0 Å². The fourth-order valence-corrected chi connectivity index (χ4v) is 3.83. The molecule has 1 aromatic carbocycles. The quantitative estimate of drug-likeness (QED) is 0.636. The normalized spacial score (nSPS) is 17.4. The van der Waals surface area contributed by atoms with Gasteiger partial charge in [0.1, 0.15) is 12.6 Å². The highest BCUT2D eigenvalue weighted by Crippen LogP contribution is 2.33. The molecule has 0 saturated carbocycles. The molecule has 0 aliphatic carbocycles. The average Bonchev–Trinajstić information content (AvgIpc) is 2.72. The van der Waals surface area contributed by atoms with Crippen LogP contribution in [0.1, 0.15) is 62.4 Å². The van der Waals surface area contributed by atoms with Crippen LogP contribution in [0, 0.1) is 0 Å². The van der Waals surface area contributed by atoms with E-state index in [0.29, 0.717) is 0 Å². The molecule has 0 spiro atoms. The van der Waals surface area contributed by atoms with Crippen LogP contribution < -0.4 is 10.2 Å². The number of carbonyl (C=O) groups excluding carboxylic acids is 1. The van der Waals surface area contributed by atoms with E-state index in [1.807, 2.05) is 65.0 Å². The van der Waals surface area contributed by atoms with Crippen molar-refractivity contribution < 1.29 is 24.5 Å². The van der Waals surface area contributed by atoms with Gasteiger partial charge in [0.25, 0.3) is 5.91 Å². The highest BCUT2D eigenvalue weighted by molar-refractivity contribution is 5.96. The molecule has 0 saturated heterocycles. The van der Waals surface area contributed by atoms with Crippen LogP contribution in [0.25, 0.3) is 0 Å². The van der Waals surface area contributed by atoms with Crippen LogP contribution in [-0.2, 0) is 18.0 Å². The van der Waals surface area contributed by atoms with E-state index in [4.69, 9.17) is 9.47 Å². The molecule has 1 aliphatic heterocycles. The van der Waals surface area contributed by atoms with Gasteiger partial charge in [-0.3, -0.25) is 9.59 Å². The Kier molecular flexibility index (Phi) is 7.07. The summed E-state index contributed by atoms with van der Waals surface area (Å²) in [6, 6.07) is 9.65. The number of aliphatic hydroxyl groups is 2. The van der Waals surface area contributed by atoms with Crippen molar-refractivity contribution in [2.45, 2.75) is 71.8 Å². The van der Waals surface area contributed by atoms with E-state index in [-0.39, 0.29) is 36.3 Å². The molecular weight excluding hydrogens is 412 g/mol. The monoisotopic (exact) mass is 444 g/mol. The molecule has 174 valence electrons. The molecule has 1 aliphatic rings. The van der Waals surface area contributed by atoms with Gasteiger partial charge in [-0.15, -0.1) is 0 Å². The fraction of sp³-hybridized carbons (Fsp3) is 0.500. The third kappa shape index (κ3) is 5.03. The molecule has 2 atom stereocenters. The van der Waals surface area contributed by atoms with Crippen LogP contribution in [0.15, 0.2) is 41.2 Å². The summed E-state index contributed by atoms with van der Waals surface area (Å²) >= 11 is 0. The molecule has 2 aromatic rings. The highest BCUT2D eigenvalue weighted by atomic mass is 16.6. The molecule has 0 bridgehead atoms. The van der Waals surface area contributed by atoms with Gasteiger partial charge in [0.05, 0.1) is 12.2 Å². The Labute approximate surface area is 188 Å². The smallest absolute Gasteiger partial charge is 0.274 e. The summed E-state index contributed by atoms with van der Waals surface area (Å²) in [5.74, 6) is -0.496. The number of aliphatic hydroxyl groups excluding tert-OH is 2. The minimum atomic E-state index is -1.28. The van der Waals surface area contributed by atoms with E-state index < -0.39 is 35.9 Å². The Morgan fingerprint density at radius 3 is 2.38 bits per heavy atom. The third-order valence-corrected chi connectivity index (χ3v) is 5.28. The number of rotatable bonds is 7. The minimum absolute atomic E-state index is 0.0130. The lowest BCUT2D eigenvalue weighted by Crippen LogP contribution is -2.52. The molecule has 8 heteroatoms. The zero-order chi connectivity index (χ0) is 23.6. The number of carbonyl (C=O) groups is 1. The first-order chi connectivity index (χ1) is 15.0.